The first-order valence-electron chi connectivity index (χ1n) is 9.22. The maximum atomic E-state index is 13.1. The Labute approximate surface area is 163 Å². The summed E-state index contributed by atoms with van der Waals surface area (Å²) in [6.45, 7) is 5.60. The fraction of sp³-hybridized carbons (Fsp3) is 0.400. The van der Waals surface area contributed by atoms with Crippen LogP contribution in [0.15, 0.2) is 42.6 Å². The Bertz CT molecular complexity index is 838. The van der Waals surface area contributed by atoms with Crippen molar-refractivity contribution in [2.24, 2.45) is 0 Å². The van der Waals surface area contributed by atoms with Gasteiger partial charge >= 0.3 is 0 Å². The number of carbonyl (C=O) groups excluding carboxylic acids is 2. The summed E-state index contributed by atoms with van der Waals surface area (Å²) >= 11 is 0. The number of nitro benzene ring substituents is 1. The summed E-state index contributed by atoms with van der Waals surface area (Å²) < 4.78 is 0. The highest BCUT2D eigenvalue weighted by molar-refractivity contribution is 6.35. The van der Waals surface area contributed by atoms with Crippen LogP contribution in [0.2, 0.25) is 0 Å². The van der Waals surface area contributed by atoms with Crippen molar-refractivity contribution >= 4 is 23.1 Å². The van der Waals surface area contributed by atoms with Crippen LogP contribution in [0.1, 0.15) is 18.4 Å². The van der Waals surface area contributed by atoms with E-state index in [0.29, 0.717) is 16.8 Å². The van der Waals surface area contributed by atoms with Crippen molar-refractivity contribution in [2.75, 3.05) is 33.7 Å². The molecule has 0 aliphatic carbocycles. The lowest BCUT2D eigenvalue weighted by Gasteiger charge is -2.36. The number of hydrogen-bond acceptors (Lipinski definition) is 6. The highest BCUT2D eigenvalue weighted by atomic mass is 16.6. The number of nitro groups is 1. The molecule has 1 fully saturated rings. The summed E-state index contributed by atoms with van der Waals surface area (Å²) in [5.41, 5.74) is 1.10. The second-order valence-electron chi connectivity index (χ2n) is 7.18. The van der Waals surface area contributed by atoms with Crippen LogP contribution in [0.25, 0.3) is 5.57 Å². The van der Waals surface area contributed by atoms with E-state index < -0.39 is 10.8 Å². The van der Waals surface area contributed by atoms with Crippen LogP contribution in [0, 0.1) is 10.1 Å². The minimum Gasteiger partial charge on any atom is -0.366 e. The van der Waals surface area contributed by atoms with E-state index in [0.717, 1.165) is 25.9 Å². The van der Waals surface area contributed by atoms with E-state index in [-0.39, 0.29) is 24.2 Å². The van der Waals surface area contributed by atoms with Gasteiger partial charge in [0.05, 0.1) is 10.5 Å². The van der Waals surface area contributed by atoms with Crippen LogP contribution in [-0.4, -0.2) is 71.2 Å². The molecule has 1 saturated heterocycles. The van der Waals surface area contributed by atoms with Gasteiger partial charge in [-0.15, -0.1) is 6.58 Å². The zero-order valence-corrected chi connectivity index (χ0v) is 16.1. The maximum absolute atomic E-state index is 13.1. The van der Waals surface area contributed by atoms with Crippen molar-refractivity contribution in [3.8, 4) is 0 Å². The third-order valence-corrected chi connectivity index (χ3v) is 5.41. The van der Waals surface area contributed by atoms with Gasteiger partial charge in [-0.2, -0.15) is 0 Å². The first-order chi connectivity index (χ1) is 13.3. The van der Waals surface area contributed by atoms with Gasteiger partial charge in [0, 0.05) is 31.8 Å². The molecule has 0 saturated carbocycles. The van der Waals surface area contributed by atoms with E-state index in [1.54, 1.807) is 0 Å². The molecule has 1 aromatic carbocycles. The molecule has 0 spiro atoms. The van der Waals surface area contributed by atoms with E-state index in [1.165, 1.54) is 35.2 Å². The molecule has 0 atom stereocenters. The average Bonchev–Trinajstić information content (AvgIpc) is 2.93. The molecule has 2 amide bonds. The number of amides is 2. The van der Waals surface area contributed by atoms with E-state index >= 15 is 0 Å². The smallest absolute Gasteiger partial charge is 0.278 e. The van der Waals surface area contributed by atoms with Gasteiger partial charge < -0.3 is 9.80 Å². The van der Waals surface area contributed by atoms with Crippen molar-refractivity contribution in [1.29, 1.82) is 0 Å². The Morgan fingerprint density at radius 2 is 1.82 bits per heavy atom. The zero-order valence-electron chi connectivity index (χ0n) is 16.1. The first kappa shape index (κ1) is 19.8. The fourth-order valence-electron chi connectivity index (χ4n) is 3.76. The highest BCUT2D eigenvalue weighted by Crippen LogP contribution is 2.34. The van der Waals surface area contributed by atoms with E-state index in [9.17, 15) is 19.7 Å². The van der Waals surface area contributed by atoms with Crippen LogP contribution in [0.4, 0.5) is 5.69 Å². The van der Waals surface area contributed by atoms with Crippen LogP contribution in [-0.2, 0) is 9.59 Å². The average molecular weight is 384 g/mol. The summed E-state index contributed by atoms with van der Waals surface area (Å²) in [4.78, 5) is 41.8. The van der Waals surface area contributed by atoms with Crippen molar-refractivity contribution in [3.63, 3.8) is 0 Å². The van der Waals surface area contributed by atoms with E-state index in [4.69, 9.17) is 0 Å². The van der Waals surface area contributed by atoms with Crippen molar-refractivity contribution in [1.82, 2.24) is 14.7 Å². The van der Waals surface area contributed by atoms with Crippen LogP contribution < -0.4 is 0 Å². The fourth-order valence-corrected chi connectivity index (χ4v) is 3.76. The van der Waals surface area contributed by atoms with Gasteiger partial charge in [-0.25, -0.2) is 0 Å². The van der Waals surface area contributed by atoms with Gasteiger partial charge in [-0.05, 0) is 50.7 Å². The molecule has 2 aliphatic rings. The minimum absolute atomic E-state index is 0.0608. The zero-order chi connectivity index (χ0) is 20.4. The molecule has 0 aromatic heterocycles. The monoisotopic (exact) mass is 384 g/mol. The number of benzene rings is 1. The lowest BCUT2D eigenvalue weighted by molar-refractivity contribution is -0.384. The third-order valence-electron chi connectivity index (χ3n) is 5.41. The maximum Gasteiger partial charge on any atom is 0.278 e. The summed E-state index contributed by atoms with van der Waals surface area (Å²) in [5.74, 6) is -0.742. The predicted molar refractivity (Wildman–Crippen MR) is 105 cm³/mol. The second kappa shape index (κ2) is 7.93. The van der Waals surface area contributed by atoms with Gasteiger partial charge in [-0.3, -0.25) is 24.6 Å². The van der Waals surface area contributed by atoms with Crippen LogP contribution >= 0.6 is 0 Å². The summed E-state index contributed by atoms with van der Waals surface area (Å²) in [7, 11) is 3.91. The Balaban J connectivity index is 2.02. The molecule has 28 heavy (non-hydrogen) atoms. The second-order valence-corrected chi connectivity index (χ2v) is 7.18. The molecular weight excluding hydrogens is 360 g/mol. The minimum atomic E-state index is -0.491. The Hall–Kier alpha value is -3.00. The molecule has 2 heterocycles. The van der Waals surface area contributed by atoms with Crippen LogP contribution in [0.3, 0.4) is 0 Å². The molecule has 0 bridgehead atoms. The quantitative estimate of drug-likeness (QED) is 0.322. The number of carbonyl (C=O) groups is 2. The van der Waals surface area contributed by atoms with Gasteiger partial charge in [0.1, 0.15) is 5.70 Å². The lowest BCUT2D eigenvalue weighted by Crippen LogP contribution is -2.43. The Morgan fingerprint density at radius 1 is 1.21 bits per heavy atom. The Morgan fingerprint density at radius 3 is 2.36 bits per heavy atom. The van der Waals surface area contributed by atoms with Crippen molar-refractivity contribution in [2.45, 2.75) is 18.9 Å². The highest BCUT2D eigenvalue weighted by Gasteiger charge is 2.41. The predicted octanol–water partition coefficient (Wildman–Crippen LogP) is 1.89. The standard InChI is InChI=1S/C20H24N4O4/c1-4-11-23-19(25)17(14-5-7-16(8-6-14)24(27)28)18(20(23)26)22(3)15-9-12-21(2)13-10-15/h4-8,15H,1,9-13H2,2-3H3. The third kappa shape index (κ3) is 3.55. The van der Waals surface area contributed by atoms with E-state index in [1.807, 2.05) is 11.9 Å². The number of likely N-dealkylation sites (tertiary alicyclic amines) is 1. The molecule has 1 aromatic rings. The number of hydrogen-bond donors (Lipinski definition) is 0. The summed E-state index contributed by atoms with van der Waals surface area (Å²) in [6, 6.07) is 5.91. The normalized spacial score (nSPS) is 18.7. The van der Waals surface area contributed by atoms with Crippen molar-refractivity contribution < 1.29 is 14.5 Å². The number of likely N-dealkylation sites (N-methyl/N-ethyl adjacent to an activating group) is 1. The van der Waals surface area contributed by atoms with Crippen molar-refractivity contribution in [3.05, 3.63) is 58.3 Å². The lowest BCUT2D eigenvalue weighted by atomic mass is 10.00. The molecule has 8 heteroatoms. The topological polar surface area (TPSA) is 87.0 Å². The largest absolute Gasteiger partial charge is 0.366 e. The number of imide groups is 1. The van der Waals surface area contributed by atoms with Crippen LogP contribution in [0.5, 0.6) is 0 Å². The van der Waals surface area contributed by atoms with Gasteiger partial charge in [0.15, 0.2) is 0 Å². The van der Waals surface area contributed by atoms with Gasteiger partial charge in [-0.1, -0.05) is 6.08 Å². The molecule has 0 radical (unpaired) electrons. The number of rotatable bonds is 6. The number of nitrogens with zero attached hydrogens (tertiary/aromatic N) is 4. The molecular formula is C20H24N4O4. The first-order valence-corrected chi connectivity index (χ1v) is 9.22. The van der Waals surface area contributed by atoms with Gasteiger partial charge in [0.2, 0.25) is 0 Å². The summed E-state index contributed by atoms with van der Waals surface area (Å²) in [6.07, 6.45) is 3.31. The molecule has 0 unspecified atom stereocenters. The molecule has 148 valence electrons. The van der Waals surface area contributed by atoms with E-state index in [2.05, 4.69) is 18.5 Å². The molecule has 3 rings (SSSR count). The molecule has 0 N–H and O–H groups in total. The SMILES string of the molecule is C=CCN1C(=O)C(c2ccc([N+](=O)[O-])cc2)=C(N(C)C2CCN(C)CC2)C1=O. The molecule has 8 nitrogen and oxygen atoms in total. The van der Waals surface area contributed by atoms with Gasteiger partial charge in [0.25, 0.3) is 17.5 Å². The number of non-ortho nitro benzene ring substituents is 1. The summed E-state index contributed by atoms with van der Waals surface area (Å²) in [5, 5.41) is 10.9. The number of piperidine rings is 1. The molecule has 2 aliphatic heterocycles. The Kier molecular flexibility index (Phi) is 5.60.